The Labute approximate surface area is 465 Å². The Morgan fingerprint density at radius 2 is 0.720 bits per heavy atom. The number of unbranched alkanes of at least 4 members (excludes halogenated alkanes) is 42. The molecule has 0 bridgehead atoms. The minimum atomic E-state index is -1.51. The molecule has 2 unspecified atom stereocenters. The molecule has 0 radical (unpaired) electrons. The second-order valence-electron chi connectivity index (χ2n) is 23.4. The van der Waals surface area contributed by atoms with Crippen molar-refractivity contribution in [2.75, 3.05) is 47.5 Å². The Morgan fingerprint density at radius 1 is 0.400 bits per heavy atom. The van der Waals surface area contributed by atoms with Crippen LogP contribution in [0.25, 0.3) is 0 Å². The normalized spacial score (nSPS) is 12.8. The third-order valence-electron chi connectivity index (χ3n) is 14.7. The number of carboxylic acids is 1. The van der Waals surface area contributed by atoms with Gasteiger partial charge in [-0.2, -0.15) is 0 Å². The first-order valence-electron chi connectivity index (χ1n) is 32.5. The quantitative estimate of drug-likeness (QED) is 0.0211. The minimum Gasteiger partial charge on any atom is -0.477 e. The summed E-state index contributed by atoms with van der Waals surface area (Å²) in [6, 6.07) is 0. The summed E-state index contributed by atoms with van der Waals surface area (Å²) >= 11 is 0. The average Bonchev–Trinajstić information content (AvgIpc) is 3.38. The van der Waals surface area contributed by atoms with Crippen LogP contribution in [0.4, 0.5) is 0 Å². The molecule has 1 N–H and O–H groups in total. The maximum Gasteiger partial charge on any atom is 0.361 e. The van der Waals surface area contributed by atoms with E-state index in [1.165, 1.54) is 244 Å². The van der Waals surface area contributed by atoms with Crippen LogP contribution in [0.3, 0.4) is 0 Å². The monoisotopic (exact) mass is 1060 g/mol. The van der Waals surface area contributed by atoms with Crippen molar-refractivity contribution < 1.29 is 42.9 Å². The number of carboxylic acid groups (broad SMARTS) is 1. The standard InChI is InChI=1S/C66H125NO8/c1-6-8-10-12-14-16-18-20-22-24-26-27-28-29-30-31-32-33-34-35-36-37-39-40-42-44-46-48-50-52-54-56-63(68)73-60-62(61-74-66(65(70)71)72-59-58-67(3,4)5)75-64(69)57-55-53-51-49-47-45-43-41-38-25-23-21-19-17-15-13-11-9-7-2/h15,17,21,23,62,66H,6-14,16,18-20,22,24-61H2,1-5H3/p+1/b17-15-,23-21-. The zero-order chi connectivity index (χ0) is 54.8. The summed E-state index contributed by atoms with van der Waals surface area (Å²) in [5.74, 6) is -1.99. The van der Waals surface area contributed by atoms with Crippen molar-refractivity contribution in [2.24, 2.45) is 0 Å². The van der Waals surface area contributed by atoms with Gasteiger partial charge in [0.05, 0.1) is 34.4 Å². The molecule has 0 aromatic carbocycles. The third-order valence-corrected chi connectivity index (χ3v) is 14.7. The SMILES string of the molecule is CCCCC/C=C\C/C=C\CCCCCCCCCCCC(=O)OC(COC(=O)CCCCCCCCCCCCCCCCCCCCCCCCCCCCCCCCC)COC(OCC[N+](C)(C)C)C(=O)O. The van der Waals surface area contributed by atoms with Crippen LogP contribution < -0.4 is 0 Å². The smallest absolute Gasteiger partial charge is 0.361 e. The Morgan fingerprint density at radius 3 is 1.08 bits per heavy atom. The highest BCUT2D eigenvalue weighted by Crippen LogP contribution is 2.18. The molecule has 2 atom stereocenters. The molecular formula is C66H126NO8+. The van der Waals surface area contributed by atoms with Crippen molar-refractivity contribution in [1.82, 2.24) is 0 Å². The number of rotatable bonds is 61. The molecule has 0 spiro atoms. The Bertz CT molecular complexity index is 1280. The number of allylic oxidation sites excluding steroid dienone is 4. The molecule has 0 aromatic rings. The van der Waals surface area contributed by atoms with E-state index < -0.39 is 24.3 Å². The number of carbonyl (C=O) groups excluding carboxylic acids is 2. The van der Waals surface area contributed by atoms with Crippen LogP contribution in [0.5, 0.6) is 0 Å². The van der Waals surface area contributed by atoms with Crippen molar-refractivity contribution in [2.45, 2.75) is 334 Å². The molecule has 0 saturated carbocycles. The van der Waals surface area contributed by atoms with E-state index in [1.54, 1.807) is 0 Å². The van der Waals surface area contributed by atoms with Gasteiger partial charge in [-0.1, -0.05) is 289 Å². The summed E-state index contributed by atoms with van der Waals surface area (Å²) in [5.41, 5.74) is 0. The van der Waals surface area contributed by atoms with Gasteiger partial charge in [0.15, 0.2) is 6.10 Å². The lowest BCUT2D eigenvalue weighted by atomic mass is 10.0. The first-order chi connectivity index (χ1) is 36.6. The maximum atomic E-state index is 12.9. The molecule has 0 aliphatic rings. The fraction of sp³-hybridized carbons (Fsp3) is 0.894. The molecule has 0 aliphatic heterocycles. The number of hydrogen-bond acceptors (Lipinski definition) is 7. The highest BCUT2D eigenvalue weighted by atomic mass is 16.7. The molecule has 0 heterocycles. The van der Waals surface area contributed by atoms with E-state index in [2.05, 4.69) is 38.2 Å². The van der Waals surface area contributed by atoms with E-state index in [0.717, 1.165) is 51.4 Å². The van der Waals surface area contributed by atoms with Gasteiger partial charge in [-0.05, 0) is 44.9 Å². The molecule has 0 fully saturated rings. The van der Waals surface area contributed by atoms with Crippen molar-refractivity contribution in [3.63, 3.8) is 0 Å². The fourth-order valence-electron chi connectivity index (χ4n) is 9.70. The first-order valence-corrected chi connectivity index (χ1v) is 32.5. The summed E-state index contributed by atoms with van der Waals surface area (Å²) in [5, 5.41) is 9.72. The van der Waals surface area contributed by atoms with Gasteiger partial charge in [0.2, 0.25) is 0 Å². The number of hydrogen-bond donors (Lipinski definition) is 1. The average molecular weight is 1060 g/mol. The van der Waals surface area contributed by atoms with Crippen LogP contribution in [0, 0.1) is 0 Å². The van der Waals surface area contributed by atoms with Crippen LogP contribution in [0.15, 0.2) is 24.3 Å². The van der Waals surface area contributed by atoms with E-state index in [9.17, 15) is 19.5 Å². The molecule has 0 saturated heterocycles. The van der Waals surface area contributed by atoms with Crippen LogP contribution in [0.1, 0.15) is 322 Å². The summed E-state index contributed by atoms with van der Waals surface area (Å²) in [6.45, 7) is 4.91. The number of ether oxygens (including phenoxy) is 4. The molecule has 75 heavy (non-hydrogen) atoms. The number of aliphatic carboxylic acids is 1. The van der Waals surface area contributed by atoms with Crippen molar-refractivity contribution in [3.8, 4) is 0 Å². The Kier molecular flexibility index (Phi) is 56.2. The topological polar surface area (TPSA) is 108 Å². The lowest BCUT2D eigenvalue weighted by Gasteiger charge is -2.25. The van der Waals surface area contributed by atoms with Gasteiger partial charge >= 0.3 is 17.9 Å². The second kappa shape index (κ2) is 57.9. The van der Waals surface area contributed by atoms with E-state index in [-0.39, 0.29) is 32.2 Å². The molecular weight excluding hydrogens is 935 g/mol. The largest absolute Gasteiger partial charge is 0.477 e. The van der Waals surface area contributed by atoms with Crippen LogP contribution in [-0.4, -0.2) is 87.4 Å². The van der Waals surface area contributed by atoms with E-state index in [4.69, 9.17) is 18.9 Å². The number of carbonyl (C=O) groups is 3. The number of quaternary nitrogens is 1. The van der Waals surface area contributed by atoms with E-state index in [1.807, 2.05) is 21.1 Å². The Hall–Kier alpha value is -2.23. The van der Waals surface area contributed by atoms with Crippen LogP contribution >= 0.6 is 0 Å². The van der Waals surface area contributed by atoms with Crippen molar-refractivity contribution in [3.05, 3.63) is 24.3 Å². The highest BCUT2D eigenvalue weighted by Gasteiger charge is 2.25. The van der Waals surface area contributed by atoms with E-state index >= 15 is 0 Å². The molecule has 0 aromatic heterocycles. The van der Waals surface area contributed by atoms with Crippen LogP contribution in [0.2, 0.25) is 0 Å². The molecule has 442 valence electrons. The zero-order valence-electron chi connectivity index (χ0n) is 50.5. The summed E-state index contributed by atoms with van der Waals surface area (Å²) in [4.78, 5) is 37.5. The van der Waals surface area contributed by atoms with Crippen molar-refractivity contribution in [1.29, 1.82) is 0 Å². The highest BCUT2D eigenvalue weighted by molar-refractivity contribution is 5.71. The maximum absolute atomic E-state index is 12.9. The van der Waals surface area contributed by atoms with Gasteiger partial charge in [0.25, 0.3) is 6.29 Å². The second-order valence-corrected chi connectivity index (χ2v) is 23.4. The van der Waals surface area contributed by atoms with Crippen LogP contribution in [-0.2, 0) is 33.3 Å². The van der Waals surface area contributed by atoms with Gasteiger partial charge in [0.1, 0.15) is 13.2 Å². The van der Waals surface area contributed by atoms with E-state index in [0.29, 0.717) is 17.4 Å². The zero-order valence-corrected chi connectivity index (χ0v) is 50.5. The summed E-state index contributed by atoms with van der Waals surface area (Å²) < 4.78 is 22.9. The lowest BCUT2D eigenvalue weighted by Crippen LogP contribution is -2.40. The summed E-state index contributed by atoms with van der Waals surface area (Å²) in [6.07, 6.45) is 67.1. The lowest BCUT2D eigenvalue weighted by molar-refractivity contribution is -0.870. The molecule has 9 nitrogen and oxygen atoms in total. The summed E-state index contributed by atoms with van der Waals surface area (Å²) in [7, 11) is 5.98. The third kappa shape index (κ3) is 59.3. The van der Waals surface area contributed by atoms with Gasteiger partial charge < -0.3 is 28.5 Å². The molecule has 9 heteroatoms. The van der Waals surface area contributed by atoms with Gasteiger partial charge in [-0.3, -0.25) is 9.59 Å². The molecule has 0 aliphatic carbocycles. The van der Waals surface area contributed by atoms with Gasteiger partial charge in [0, 0.05) is 12.8 Å². The Balaban J connectivity index is 4.06. The number of nitrogens with zero attached hydrogens (tertiary/aromatic N) is 1. The molecule has 0 rings (SSSR count). The fourth-order valence-corrected chi connectivity index (χ4v) is 9.70. The number of esters is 2. The molecule has 0 amide bonds. The minimum absolute atomic E-state index is 0.178. The predicted octanol–water partition coefficient (Wildman–Crippen LogP) is 19.5. The number of likely N-dealkylation sites (N-methyl/N-ethyl adjacent to an activating group) is 1. The predicted molar refractivity (Wildman–Crippen MR) is 318 cm³/mol. The van der Waals surface area contributed by atoms with Gasteiger partial charge in [-0.25, -0.2) is 4.79 Å². The van der Waals surface area contributed by atoms with Crippen molar-refractivity contribution >= 4 is 17.9 Å². The first kappa shape index (κ1) is 72.8. The van der Waals surface area contributed by atoms with Gasteiger partial charge in [-0.15, -0.1) is 0 Å².